The van der Waals surface area contributed by atoms with Gasteiger partial charge in [-0.25, -0.2) is 0 Å². The van der Waals surface area contributed by atoms with Crippen molar-refractivity contribution in [1.29, 1.82) is 0 Å². The summed E-state index contributed by atoms with van der Waals surface area (Å²) in [7, 11) is 1.88. The van der Waals surface area contributed by atoms with Crippen molar-refractivity contribution in [3.05, 3.63) is 70.8 Å². The molecule has 0 amide bonds. The quantitative estimate of drug-likeness (QED) is 0.492. The highest BCUT2D eigenvalue weighted by Crippen LogP contribution is 2.42. The van der Waals surface area contributed by atoms with Crippen LogP contribution in [0.15, 0.2) is 48.5 Å². The molecular formula is C24H27F6NO2. The van der Waals surface area contributed by atoms with Crippen LogP contribution in [0.2, 0.25) is 0 Å². The van der Waals surface area contributed by atoms with Crippen LogP contribution in [0.4, 0.5) is 26.3 Å². The Balaban J connectivity index is 1.90. The number of aliphatic hydroxyl groups is 1. The summed E-state index contributed by atoms with van der Waals surface area (Å²) in [6.07, 6.45) is -8.09. The summed E-state index contributed by atoms with van der Waals surface area (Å²) in [6, 6.07) is 11.2. The zero-order valence-corrected chi connectivity index (χ0v) is 18.1. The lowest BCUT2D eigenvalue weighted by molar-refractivity contribution is -0.143. The summed E-state index contributed by atoms with van der Waals surface area (Å²) in [5, 5.41) is 13.1. The maximum atomic E-state index is 13.3. The van der Waals surface area contributed by atoms with Gasteiger partial charge in [-0.3, -0.25) is 0 Å². The van der Waals surface area contributed by atoms with Gasteiger partial charge in [-0.15, -0.1) is 0 Å². The fourth-order valence-corrected chi connectivity index (χ4v) is 4.45. The Labute approximate surface area is 188 Å². The van der Waals surface area contributed by atoms with Gasteiger partial charge in [0.2, 0.25) is 0 Å². The second kappa shape index (κ2) is 10.0. The van der Waals surface area contributed by atoms with Crippen molar-refractivity contribution in [2.45, 2.75) is 55.6 Å². The van der Waals surface area contributed by atoms with Gasteiger partial charge in [-0.1, -0.05) is 30.3 Å². The van der Waals surface area contributed by atoms with Gasteiger partial charge in [-0.05, 0) is 62.1 Å². The van der Waals surface area contributed by atoms with Crippen LogP contribution in [0, 0.1) is 0 Å². The average Bonchev–Trinajstić information content (AvgIpc) is 2.79. The molecule has 1 saturated carbocycles. The van der Waals surface area contributed by atoms with Crippen LogP contribution in [-0.4, -0.2) is 31.4 Å². The molecule has 1 fully saturated rings. The molecule has 3 rings (SSSR count). The number of benzene rings is 2. The highest BCUT2D eigenvalue weighted by atomic mass is 19.4. The lowest BCUT2D eigenvalue weighted by Crippen LogP contribution is -2.41. The molecule has 33 heavy (non-hydrogen) atoms. The molecule has 0 radical (unpaired) electrons. The van der Waals surface area contributed by atoms with Crippen molar-refractivity contribution >= 4 is 0 Å². The largest absolute Gasteiger partial charge is 0.416 e. The number of nitrogens with one attached hydrogen (secondary N) is 1. The third kappa shape index (κ3) is 6.07. The van der Waals surface area contributed by atoms with E-state index in [2.05, 4.69) is 5.32 Å². The number of aliphatic hydroxyl groups excluding tert-OH is 1. The number of ether oxygens (including phenoxy) is 1. The number of alkyl halides is 6. The van der Waals surface area contributed by atoms with E-state index in [1.54, 1.807) is 0 Å². The molecule has 2 aromatic rings. The standard InChI is InChI=1S/C24H27F6NO2/c1-31-20-7-9-22(10-8-20,17-5-3-2-4-6-17)15-33-21(14-32)16-11-18(23(25,26)27)13-19(12-16)24(28,29)30/h2-6,11-13,20-21,31-32H,7-10,14-15H2,1H3/t20?,21-,22?/m1/s1. The van der Waals surface area contributed by atoms with Crippen LogP contribution in [-0.2, 0) is 22.5 Å². The van der Waals surface area contributed by atoms with Gasteiger partial charge in [0.25, 0.3) is 0 Å². The molecule has 0 aromatic heterocycles. The molecule has 3 nitrogen and oxygen atoms in total. The number of rotatable bonds is 7. The first kappa shape index (κ1) is 25.5. The molecule has 1 aliphatic rings. The van der Waals surface area contributed by atoms with Crippen molar-refractivity contribution in [2.24, 2.45) is 0 Å². The van der Waals surface area contributed by atoms with Gasteiger partial charge in [0.1, 0.15) is 6.10 Å². The summed E-state index contributed by atoms with van der Waals surface area (Å²) in [4.78, 5) is 0. The Morgan fingerprint density at radius 3 is 1.97 bits per heavy atom. The Kier molecular flexibility index (Phi) is 7.76. The highest BCUT2D eigenvalue weighted by Gasteiger charge is 2.40. The first-order chi connectivity index (χ1) is 15.5. The fraction of sp³-hybridized carbons (Fsp3) is 0.500. The Hall–Kier alpha value is -2.10. The second-order valence-corrected chi connectivity index (χ2v) is 8.53. The topological polar surface area (TPSA) is 41.5 Å². The monoisotopic (exact) mass is 475 g/mol. The van der Waals surface area contributed by atoms with Crippen LogP contribution >= 0.6 is 0 Å². The van der Waals surface area contributed by atoms with E-state index in [1.165, 1.54) is 0 Å². The zero-order chi connectivity index (χ0) is 24.3. The van der Waals surface area contributed by atoms with Crippen LogP contribution in [0.3, 0.4) is 0 Å². The van der Waals surface area contributed by atoms with E-state index in [-0.39, 0.29) is 18.2 Å². The van der Waals surface area contributed by atoms with E-state index in [4.69, 9.17) is 4.74 Å². The van der Waals surface area contributed by atoms with Crippen molar-refractivity contribution in [2.75, 3.05) is 20.3 Å². The average molecular weight is 475 g/mol. The molecule has 0 saturated heterocycles. The summed E-state index contributed by atoms with van der Waals surface area (Å²) < 4.78 is 85.4. The van der Waals surface area contributed by atoms with E-state index in [0.29, 0.717) is 18.2 Å². The van der Waals surface area contributed by atoms with E-state index in [9.17, 15) is 31.4 Å². The third-order valence-corrected chi connectivity index (χ3v) is 6.45. The molecule has 1 atom stereocenters. The van der Waals surface area contributed by atoms with Crippen molar-refractivity contribution < 1.29 is 36.2 Å². The maximum absolute atomic E-state index is 13.3. The third-order valence-electron chi connectivity index (χ3n) is 6.45. The minimum absolute atomic E-state index is 0.0657. The molecule has 0 bridgehead atoms. The molecule has 2 aromatic carbocycles. The van der Waals surface area contributed by atoms with E-state index < -0.39 is 41.6 Å². The minimum atomic E-state index is -4.97. The summed E-state index contributed by atoms with van der Waals surface area (Å²) in [5.41, 5.74) is -2.66. The fourth-order valence-electron chi connectivity index (χ4n) is 4.45. The van der Waals surface area contributed by atoms with E-state index in [1.807, 2.05) is 37.4 Å². The molecule has 0 unspecified atom stereocenters. The van der Waals surface area contributed by atoms with E-state index >= 15 is 0 Å². The second-order valence-electron chi connectivity index (χ2n) is 8.53. The molecule has 0 heterocycles. The lowest BCUT2D eigenvalue weighted by atomic mass is 9.68. The van der Waals surface area contributed by atoms with Crippen LogP contribution in [0.25, 0.3) is 0 Å². The molecule has 1 aliphatic carbocycles. The first-order valence-corrected chi connectivity index (χ1v) is 10.7. The molecule has 0 aliphatic heterocycles. The Morgan fingerprint density at radius 2 is 1.52 bits per heavy atom. The molecule has 182 valence electrons. The molecular weight excluding hydrogens is 448 g/mol. The number of hydrogen-bond donors (Lipinski definition) is 2. The number of halogens is 6. The summed E-state index contributed by atoms with van der Waals surface area (Å²) >= 11 is 0. The van der Waals surface area contributed by atoms with Gasteiger partial charge in [-0.2, -0.15) is 26.3 Å². The van der Waals surface area contributed by atoms with Crippen LogP contribution < -0.4 is 5.32 Å². The molecule has 0 spiro atoms. The first-order valence-electron chi connectivity index (χ1n) is 10.7. The van der Waals surface area contributed by atoms with Gasteiger partial charge in [0.15, 0.2) is 0 Å². The number of hydrogen-bond acceptors (Lipinski definition) is 3. The van der Waals surface area contributed by atoms with E-state index in [0.717, 1.165) is 31.2 Å². The van der Waals surface area contributed by atoms with Gasteiger partial charge in [0.05, 0.1) is 24.3 Å². The van der Waals surface area contributed by atoms with Crippen LogP contribution in [0.1, 0.15) is 54.0 Å². The molecule has 2 N–H and O–H groups in total. The highest BCUT2D eigenvalue weighted by molar-refractivity contribution is 5.35. The predicted octanol–water partition coefficient (Wildman–Crippen LogP) is 5.87. The predicted molar refractivity (Wildman–Crippen MR) is 112 cm³/mol. The minimum Gasteiger partial charge on any atom is -0.393 e. The summed E-state index contributed by atoms with van der Waals surface area (Å²) in [6.45, 7) is -0.682. The van der Waals surface area contributed by atoms with Crippen LogP contribution in [0.5, 0.6) is 0 Å². The zero-order valence-electron chi connectivity index (χ0n) is 18.1. The molecule has 9 heteroatoms. The summed E-state index contributed by atoms with van der Waals surface area (Å²) in [5.74, 6) is 0. The van der Waals surface area contributed by atoms with Gasteiger partial charge >= 0.3 is 12.4 Å². The Bertz CT molecular complexity index is 873. The maximum Gasteiger partial charge on any atom is 0.416 e. The van der Waals surface area contributed by atoms with Crippen molar-refractivity contribution in [3.8, 4) is 0 Å². The lowest BCUT2D eigenvalue weighted by Gasteiger charge is -2.41. The van der Waals surface area contributed by atoms with Gasteiger partial charge < -0.3 is 15.2 Å². The van der Waals surface area contributed by atoms with Crippen molar-refractivity contribution in [3.63, 3.8) is 0 Å². The normalized spacial score (nSPS) is 22.8. The van der Waals surface area contributed by atoms with Crippen molar-refractivity contribution in [1.82, 2.24) is 5.32 Å². The smallest absolute Gasteiger partial charge is 0.393 e. The Morgan fingerprint density at radius 1 is 0.970 bits per heavy atom. The van der Waals surface area contributed by atoms with Gasteiger partial charge in [0, 0.05) is 11.5 Å². The SMILES string of the molecule is CNC1CCC(CO[C@H](CO)c2cc(C(F)(F)F)cc(C(F)(F)F)c2)(c2ccccc2)CC1.